The molecule has 0 unspecified atom stereocenters. The van der Waals surface area contributed by atoms with Gasteiger partial charge in [-0.2, -0.15) is 13.2 Å². The molecule has 2 N–H and O–H groups in total. The van der Waals surface area contributed by atoms with Gasteiger partial charge in [0.1, 0.15) is 12.1 Å². The Bertz CT molecular complexity index is 200. The lowest BCUT2D eigenvalue weighted by atomic mass is 10.2. The fourth-order valence-corrected chi connectivity index (χ4v) is 0.715. The predicted molar refractivity (Wildman–Crippen MR) is 37.8 cm³/mol. The lowest BCUT2D eigenvalue weighted by molar-refractivity contribution is -0.165. The van der Waals surface area contributed by atoms with Gasteiger partial charge in [0.15, 0.2) is 0 Å². The molecule has 0 bridgehead atoms. The van der Waals surface area contributed by atoms with Crippen LogP contribution in [0.1, 0.15) is 19.3 Å². The molecule has 0 aromatic heterocycles. The monoisotopic (exact) mass is 197 g/mol. The maximum Gasteiger partial charge on any atom is 0.404 e. The number of ether oxygens (including phenoxy) is 1. The molecule has 0 aromatic rings. The van der Waals surface area contributed by atoms with Crippen LogP contribution in [0.25, 0.3) is 0 Å². The zero-order valence-corrected chi connectivity index (χ0v) is 6.80. The van der Waals surface area contributed by atoms with E-state index in [2.05, 4.69) is 4.74 Å². The number of rotatable bonds is 3. The molecule has 0 spiro atoms. The summed E-state index contributed by atoms with van der Waals surface area (Å²) in [6.45, 7) is 0. The van der Waals surface area contributed by atoms with Gasteiger partial charge in [0.2, 0.25) is 0 Å². The standard InChI is InChI=1S/C7H10F3NO2/c8-7(9,10)5(11)3-6(12)13-4-1-2-4/h4-5H,1-3,11H2/t5-/m0/s1. The summed E-state index contributed by atoms with van der Waals surface area (Å²) in [5.41, 5.74) is 4.72. The van der Waals surface area contributed by atoms with E-state index in [-0.39, 0.29) is 6.10 Å². The molecule has 1 rings (SSSR count). The summed E-state index contributed by atoms with van der Waals surface area (Å²) in [7, 11) is 0. The van der Waals surface area contributed by atoms with Crippen molar-refractivity contribution in [3.05, 3.63) is 0 Å². The van der Waals surface area contributed by atoms with Crippen LogP contribution in [0.5, 0.6) is 0 Å². The summed E-state index contributed by atoms with van der Waals surface area (Å²) < 4.78 is 40.1. The Morgan fingerprint density at radius 1 is 1.54 bits per heavy atom. The van der Waals surface area contributed by atoms with Gasteiger partial charge >= 0.3 is 12.1 Å². The number of hydrogen-bond donors (Lipinski definition) is 1. The lowest BCUT2D eigenvalue weighted by Crippen LogP contribution is -2.39. The van der Waals surface area contributed by atoms with E-state index in [0.717, 1.165) is 12.8 Å². The first kappa shape index (κ1) is 10.3. The van der Waals surface area contributed by atoms with Crippen molar-refractivity contribution in [3.8, 4) is 0 Å². The van der Waals surface area contributed by atoms with E-state index in [1.165, 1.54) is 0 Å². The molecule has 1 fully saturated rings. The van der Waals surface area contributed by atoms with Gasteiger partial charge in [0.25, 0.3) is 0 Å². The fourth-order valence-electron chi connectivity index (χ4n) is 0.715. The minimum Gasteiger partial charge on any atom is -0.462 e. The van der Waals surface area contributed by atoms with Crippen molar-refractivity contribution >= 4 is 5.97 Å². The molecule has 0 heterocycles. The molecule has 0 radical (unpaired) electrons. The van der Waals surface area contributed by atoms with Crippen molar-refractivity contribution in [3.63, 3.8) is 0 Å². The van der Waals surface area contributed by atoms with Crippen LogP contribution in [0.2, 0.25) is 0 Å². The number of carbonyl (C=O) groups is 1. The molecule has 0 aliphatic heterocycles. The molecular weight excluding hydrogens is 187 g/mol. The first-order valence-corrected chi connectivity index (χ1v) is 3.91. The van der Waals surface area contributed by atoms with Gasteiger partial charge in [-0.3, -0.25) is 4.79 Å². The van der Waals surface area contributed by atoms with Gasteiger partial charge in [-0.25, -0.2) is 0 Å². The third-order valence-electron chi connectivity index (χ3n) is 1.63. The van der Waals surface area contributed by atoms with Crippen molar-refractivity contribution in [2.75, 3.05) is 0 Å². The van der Waals surface area contributed by atoms with Crippen molar-refractivity contribution in [2.24, 2.45) is 5.73 Å². The molecule has 0 aromatic carbocycles. The SMILES string of the molecule is N[C@@H](CC(=O)OC1CC1)C(F)(F)F. The molecule has 6 heteroatoms. The summed E-state index contributed by atoms with van der Waals surface area (Å²) in [6, 6.07) is -2.11. The second-order valence-corrected chi connectivity index (χ2v) is 3.04. The van der Waals surface area contributed by atoms with Crippen LogP contribution in [-0.4, -0.2) is 24.3 Å². The quantitative estimate of drug-likeness (QED) is 0.686. The smallest absolute Gasteiger partial charge is 0.404 e. The van der Waals surface area contributed by atoms with Crippen molar-refractivity contribution in [1.82, 2.24) is 0 Å². The number of esters is 1. The summed E-state index contributed by atoms with van der Waals surface area (Å²) in [6.07, 6.45) is -4.00. The van der Waals surface area contributed by atoms with Crippen molar-refractivity contribution < 1.29 is 22.7 Å². The molecule has 3 nitrogen and oxygen atoms in total. The maximum atomic E-state index is 11.8. The number of nitrogens with two attached hydrogens (primary N) is 1. The number of carbonyl (C=O) groups excluding carboxylic acids is 1. The third-order valence-corrected chi connectivity index (χ3v) is 1.63. The first-order chi connectivity index (χ1) is 5.89. The average molecular weight is 197 g/mol. The van der Waals surface area contributed by atoms with Gasteiger partial charge in [0.05, 0.1) is 6.42 Å². The van der Waals surface area contributed by atoms with Crippen LogP contribution in [0.3, 0.4) is 0 Å². The third kappa shape index (κ3) is 3.63. The Balaban J connectivity index is 2.25. The molecule has 1 saturated carbocycles. The van der Waals surface area contributed by atoms with Gasteiger partial charge in [0, 0.05) is 0 Å². The topological polar surface area (TPSA) is 52.3 Å². The zero-order valence-electron chi connectivity index (χ0n) is 6.80. The Morgan fingerprint density at radius 2 is 2.08 bits per heavy atom. The second kappa shape index (κ2) is 3.53. The summed E-state index contributed by atoms with van der Waals surface area (Å²) >= 11 is 0. The largest absolute Gasteiger partial charge is 0.462 e. The fraction of sp³-hybridized carbons (Fsp3) is 0.857. The number of halogens is 3. The van der Waals surface area contributed by atoms with E-state index < -0.39 is 24.6 Å². The molecule has 1 atom stereocenters. The van der Waals surface area contributed by atoms with Crippen LogP contribution in [-0.2, 0) is 9.53 Å². The van der Waals surface area contributed by atoms with E-state index in [4.69, 9.17) is 5.73 Å². The Labute approximate surface area is 73.0 Å². The molecule has 0 amide bonds. The molecule has 13 heavy (non-hydrogen) atoms. The van der Waals surface area contributed by atoms with Gasteiger partial charge in [-0.15, -0.1) is 0 Å². The summed E-state index contributed by atoms with van der Waals surface area (Å²) in [5.74, 6) is -0.868. The summed E-state index contributed by atoms with van der Waals surface area (Å²) in [4.78, 5) is 10.7. The average Bonchev–Trinajstić information content (AvgIpc) is 2.68. The van der Waals surface area contributed by atoms with E-state index in [1.807, 2.05) is 0 Å². The number of alkyl halides is 3. The van der Waals surface area contributed by atoms with Gasteiger partial charge in [-0.05, 0) is 12.8 Å². The van der Waals surface area contributed by atoms with E-state index in [9.17, 15) is 18.0 Å². The van der Waals surface area contributed by atoms with E-state index >= 15 is 0 Å². The first-order valence-electron chi connectivity index (χ1n) is 3.91. The zero-order chi connectivity index (χ0) is 10.1. The second-order valence-electron chi connectivity index (χ2n) is 3.04. The highest BCUT2D eigenvalue weighted by Gasteiger charge is 2.39. The molecule has 76 valence electrons. The van der Waals surface area contributed by atoms with Crippen molar-refractivity contribution in [2.45, 2.75) is 37.6 Å². The predicted octanol–water partition coefficient (Wildman–Crippen LogP) is 0.972. The highest BCUT2D eigenvalue weighted by Crippen LogP contribution is 2.25. The highest BCUT2D eigenvalue weighted by atomic mass is 19.4. The molecule has 1 aliphatic rings. The minimum absolute atomic E-state index is 0.173. The van der Waals surface area contributed by atoms with Crippen LogP contribution in [0.15, 0.2) is 0 Å². The highest BCUT2D eigenvalue weighted by molar-refractivity contribution is 5.70. The summed E-state index contributed by atoms with van der Waals surface area (Å²) in [5, 5.41) is 0. The lowest BCUT2D eigenvalue weighted by Gasteiger charge is -2.14. The number of hydrogen-bond acceptors (Lipinski definition) is 3. The van der Waals surface area contributed by atoms with Crippen LogP contribution in [0.4, 0.5) is 13.2 Å². The Kier molecular flexibility index (Phi) is 2.80. The van der Waals surface area contributed by atoms with Crippen molar-refractivity contribution in [1.29, 1.82) is 0 Å². The maximum absolute atomic E-state index is 11.8. The van der Waals surface area contributed by atoms with Crippen LogP contribution in [0, 0.1) is 0 Å². The van der Waals surface area contributed by atoms with Gasteiger partial charge < -0.3 is 10.5 Å². The van der Waals surface area contributed by atoms with Gasteiger partial charge in [-0.1, -0.05) is 0 Å². The molecule has 0 saturated heterocycles. The molecular formula is C7H10F3NO2. The minimum atomic E-state index is -4.53. The Morgan fingerprint density at radius 3 is 2.46 bits per heavy atom. The van der Waals surface area contributed by atoms with Crippen LogP contribution < -0.4 is 5.73 Å². The van der Waals surface area contributed by atoms with Crippen LogP contribution >= 0.6 is 0 Å². The van der Waals surface area contributed by atoms with E-state index in [0.29, 0.717) is 0 Å². The molecule has 1 aliphatic carbocycles. The Hall–Kier alpha value is -0.780. The van der Waals surface area contributed by atoms with E-state index in [1.54, 1.807) is 0 Å². The normalized spacial score (nSPS) is 19.7.